The smallest absolute Gasteiger partial charge is 0.244 e. The molecule has 0 aliphatic rings. The van der Waals surface area contributed by atoms with Crippen molar-refractivity contribution in [3.63, 3.8) is 0 Å². The molecule has 6 nitrogen and oxygen atoms in total. The predicted octanol–water partition coefficient (Wildman–Crippen LogP) is 2.75. The van der Waals surface area contributed by atoms with Crippen molar-refractivity contribution >= 4 is 21.6 Å². The molecule has 0 bridgehead atoms. The van der Waals surface area contributed by atoms with Crippen molar-refractivity contribution in [2.45, 2.75) is 31.2 Å². The lowest BCUT2D eigenvalue weighted by Crippen LogP contribution is -2.50. The van der Waals surface area contributed by atoms with Gasteiger partial charge >= 0.3 is 0 Å². The van der Waals surface area contributed by atoms with Gasteiger partial charge in [-0.2, -0.15) is 4.72 Å². The van der Waals surface area contributed by atoms with E-state index in [-0.39, 0.29) is 5.92 Å². The third-order valence-corrected chi connectivity index (χ3v) is 5.59. The molecule has 0 unspecified atom stereocenters. The molecule has 0 aliphatic carbocycles. The van der Waals surface area contributed by atoms with Crippen LogP contribution in [0.3, 0.4) is 0 Å². The molecule has 0 aromatic heterocycles. The third-order valence-electron chi connectivity index (χ3n) is 4.11. The maximum atomic E-state index is 13.8. The molecule has 2 rings (SSSR count). The van der Waals surface area contributed by atoms with Gasteiger partial charge in [0.25, 0.3) is 0 Å². The Balaban J connectivity index is 1.88. The molecule has 152 valence electrons. The molecular formula is C20H26FN3O3S. The Morgan fingerprint density at radius 3 is 2.29 bits per heavy atom. The molecule has 28 heavy (non-hydrogen) atoms. The van der Waals surface area contributed by atoms with Crippen LogP contribution in [0, 0.1) is 11.7 Å². The van der Waals surface area contributed by atoms with Crippen LogP contribution in [-0.2, 0) is 14.8 Å². The molecule has 1 amide bonds. The molecule has 3 N–H and O–H groups in total. The van der Waals surface area contributed by atoms with Gasteiger partial charge in [-0.1, -0.05) is 44.2 Å². The maximum Gasteiger partial charge on any atom is 0.244 e. The molecule has 0 saturated carbocycles. The molecule has 1 atom stereocenters. The van der Waals surface area contributed by atoms with Gasteiger partial charge < -0.3 is 10.6 Å². The number of nitrogens with one attached hydrogen (secondary N) is 3. The Morgan fingerprint density at radius 1 is 1.00 bits per heavy atom. The zero-order valence-electron chi connectivity index (χ0n) is 16.0. The van der Waals surface area contributed by atoms with Crippen molar-refractivity contribution in [2.24, 2.45) is 5.92 Å². The lowest BCUT2D eigenvalue weighted by atomic mass is 10.1. The number of benzene rings is 2. The van der Waals surface area contributed by atoms with Gasteiger partial charge in [-0.25, -0.2) is 12.8 Å². The van der Waals surface area contributed by atoms with E-state index < -0.39 is 32.7 Å². The number of carbonyl (C=O) groups excluding carboxylic acids is 1. The van der Waals surface area contributed by atoms with E-state index in [9.17, 15) is 17.6 Å². The van der Waals surface area contributed by atoms with Gasteiger partial charge in [-0.3, -0.25) is 4.79 Å². The zero-order valence-corrected chi connectivity index (χ0v) is 16.8. The third kappa shape index (κ3) is 6.31. The molecular weight excluding hydrogens is 381 g/mol. The van der Waals surface area contributed by atoms with E-state index in [0.717, 1.165) is 11.8 Å². The summed E-state index contributed by atoms with van der Waals surface area (Å²) in [4.78, 5) is 12.0. The quantitative estimate of drug-likeness (QED) is 0.529. The summed E-state index contributed by atoms with van der Waals surface area (Å²) in [5.41, 5.74) is 0.992. The normalized spacial score (nSPS) is 12.6. The molecule has 2 aromatic carbocycles. The van der Waals surface area contributed by atoms with Crippen molar-refractivity contribution < 1.29 is 17.6 Å². The van der Waals surface area contributed by atoms with Crippen LogP contribution in [0.25, 0.3) is 0 Å². The summed E-state index contributed by atoms with van der Waals surface area (Å²) in [5, 5.41) is 5.97. The monoisotopic (exact) mass is 407 g/mol. The SMILES string of the molecule is CC(C)[C@H](NS(=O)(=O)c1ccccc1F)C(=O)NCCCNc1ccccc1. The number of carbonyl (C=O) groups is 1. The Morgan fingerprint density at radius 2 is 1.64 bits per heavy atom. The minimum absolute atomic E-state index is 0.302. The first-order chi connectivity index (χ1) is 13.3. The van der Waals surface area contributed by atoms with Crippen molar-refractivity contribution in [3.05, 3.63) is 60.4 Å². The highest BCUT2D eigenvalue weighted by Crippen LogP contribution is 2.15. The second-order valence-corrected chi connectivity index (χ2v) is 8.39. The fourth-order valence-electron chi connectivity index (χ4n) is 2.58. The number of sulfonamides is 1. The summed E-state index contributed by atoms with van der Waals surface area (Å²) in [6.07, 6.45) is 0.672. The Kier molecular flexibility index (Phi) is 7.95. The van der Waals surface area contributed by atoms with E-state index in [1.54, 1.807) is 13.8 Å². The standard InChI is InChI=1S/C20H26FN3O3S/c1-15(2)19(24-28(26,27)18-12-7-6-11-17(18)21)20(25)23-14-8-13-22-16-9-4-3-5-10-16/h3-7,9-12,15,19,22,24H,8,13-14H2,1-2H3,(H,23,25)/t19-/m0/s1. The van der Waals surface area contributed by atoms with Crippen LogP contribution in [-0.4, -0.2) is 33.5 Å². The molecule has 0 heterocycles. The van der Waals surface area contributed by atoms with E-state index >= 15 is 0 Å². The van der Waals surface area contributed by atoms with Gasteiger partial charge in [0, 0.05) is 18.8 Å². The minimum Gasteiger partial charge on any atom is -0.385 e. The predicted molar refractivity (Wildman–Crippen MR) is 108 cm³/mol. The highest BCUT2D eigenvalue weighted by molar-refractivity contribution is 7.89. The van der Waals surface area contributed by atoms with E-state index in [1.165, 1.54) is 18.2 Å². The molecule has 0 radical (unpaired) electrons. The second kappa shape index (κ2) is 10.2. The van der Waals surface area contributed by atoms with Gasteiger partial charge in [0.1, 0.15) is 16.8 Å². The van der Waals surface area contributed by atoms with Crippen molar-refractivity contribution in [1.82, 2.24) is 10.0 Å². The van der Waals surface area contributed by atoms with Crippen LogP contribution in [0.4, 0.5) is 10.1 Å². The number of para-hydroxylation sites is 1. The first-order valence-corrected chi connectivity index (χ1v) is 10.6. The van der Waals surface area contributed by atoms with E-state index in [1.807, 2.05) is 30.3 Å². The summed E-state index contributed by atoms with van der Waals surface area (Å²) >= 11 is 0. The van der Waals surface area contributed by atoms with Gasteiger partial charge in [-0.15, -0.1) is 0 Å². The highest BCUT2D eigenvalue weighted by atomic mass is 32.2. The second-order valence-electron chi connectivity index (χ2n) is 6.71. The summed E-state index contributed by atoms with van der Waals surface area (Å²) in [5.74, 6) is -1.59. The molecule has 0 aliphatic heterocycles. The summed E-state index contributed by atoms with van der Waals surface area (Å²) in [6.45, 7) is 4.51. The molecule has 0 saturated heterocycles. The first kappa shape index (κ1) is 21.8. The summed E-state index contributed by atoms with van der Waals surface area (Å²) < 4.78 is 41.1. The topological polar surface area (TPSA) is 87.3 Å². The average molecular weight is 408 g/mol. The number of rotatable bonds is 10. The van der Waals surface area contributed by atoms with E-state index in [2.05, 4.69) is 15.4 Å². The average Bonchev–Trinajstić information content (AvgIpc) is 2.66. The van der Waals surface area contributed by atoms with Crippen LogP contribution >= 0.6 is 0 Å². The number of amides is 1. The Bertz CT molecular complexity index is 873. The van der Waals surface area contributed by atoms with Gasteiger partial charge in [0.05, 0.1) is 0 Å². The minimum atomic E-state index is -4.15. The van der Waals surface area contributed by atoms with Gasteiger partial charge in [0.15, 0.2) is 0 Å². The van der Waals surface area contributed by atoms with Crippen molar-refractivity contribution in [1.29, 1.82) is 0 Å². The van der Waals surface area contributed by atoms with Crippen LogP contribution < -0.4 is 15.4 Å². The van der Waals surface area contributed by atoms with Gasteiger partial charge in [0.2, 0.25) is 15.9 Å². The van der Waals surface area contributed by atoms with E-state index in [0.29, 0.717) is 19.5 Å². The molecule has 2 aromatic rings. The van der Waals surface area contributed by atoms with Crippen LogP contribution in [0.15, 0.2) is 59.5 Å². The van der Waals surface area contributed by atoms with Gasteiger partial charge in [-0.05, 0) is 36.6 Å². The Hall–Kier alpha value is -2.45. The number of hydrogen-bond acceptors (Lipinski definition) is 4. The van der Waals surface area contributed by atoms with Crippen LogP contribution in [0.1, 0.15) is 20.3 Å². The number of anilines is 1. The zero-order chi connectivity index (χ0) is 20.6. The van der Waals surface area contributed by atoms with E-state index in [4.69, 9.17) is 0 Å². The molecule has 8 heteroatoms. The van der Waals surface area contributed by atoms with Crippen molar-refractivity contribution in [2.75, 3.05) is 18.4 Å². The largest absolute Gasteiger partial charge is 0.385 e. The lowest BCUT2D eigenvalue weighted by Gasteiger charge is -2.22. The summed E-state index contributed by atoms with van der Waals surface area (Å²) in [7, 11) is -4.15. The number of halogens is 1. The fourth-order valence-corrected chi connectivity index (χ4v) is 4.01. The van der Waals surface area contributed by atoms with Crippen LogP contribution in [0.2, 0.25) is 0 Å². The first-order valence-electron chi connectivity index (χ1n) is 9.15. The van der Waals surface area contributed by atoms with Crippen LogP contribution in [0.5, 0.6) is 0 Å². The number of hydrogen-bond donors (Lipinski definition) is 3. The molecule has 0 fully saturated rings. The van der Waals surface area contributed by atoms with Crippen molar-refractivity contribution in [3.8, 4) is 0 Å². The maximum absolute atomic E-state index is 13.8. The summed E-state index contributed by atoms with van der Waals surface area (Å²) in [6, 6.07) is 13.8. The lowest BCUT2D eigenvalue weighted by molar-refractivity contribution is -0.123. The molecule has 0 spiro atoms. The fraction of sp³-hybridized carbons (Fsp3) is 0.350. The highest BCUT2D eigenvalue weighted by Gasteiger charge is 2.29. The Labute approximate surface area is 165 Å².